The van der Waals surface area contributed by atoms with Gasteiger partial charge in [-0.3, -0.25) is 4.79 Å². The van der Waals surface area contributed by atoms with Crippen LogP contribution in [-0.4, -0.2) is 35.4 Å². The molecule has 1 aromatic carbocycles. The van der Waals surface area contributed by atoms with Gasteiger partial charge in [0.2, 0.25) is 0 Å². The van der Waals surface area contributed by atoms with Gasteiger partial charge in [-0.05, 0) is 31.2 Å². The van der Waals surface area contributed by atoms with Crippen LogP contribution in [0, 0.1) is 6.92 Å². The lowest BCUT2D eigenvalue weighted by molar-refractivity contribution is 0.102. The molecule has 31 heavy (non-hydrogen) atoms. The Morgan fingerprint density at radius 3 is 2.48 bits per heavy atom. The molecule has 3 aromatic heterocycles. The van der Waals surface area contributed by atoms with Crippen molar-refractivity contribution in [2.45, 2.75) is 33.1 Å². The first-order valence-corrected chi connectivity index (χ1v) is 10.1. The second kappa shape index (κ2) is 7.96. The highest BCUT2D eigenvalue weighted by atomic mass is 35.5. The molecule has 158 valence electrons. The molecule has 0 radical (unpaired) electrons. The lowest BCUT2D eigenvalue weighted by Gasteiger charge is -2.13. The zero-order valence-electron chi connectivity index (χ0n) is 17.7. The van der Waals surface area contributed by atoms with Gasteiger partial charge in [0.05, 0.1) is 28.8 Å². The molecule has 0 aliphatic rings. The molecule has 0 bridgehead atoms. The fourth-order valence-corrected chi connectivity index (χ4v) is 3.26. The largest absolute Gasteiger partial charge is 0.306 e. The predicted octanol–water partition coefficient (Wildman–Crippen LogP) is 4.36. The van der Waals surface area contributed by atoms with E-state index in [4.69, 9.17) is 11.6 Å². The van der Waals surface area contributed by atoms with Crippen LogP contribution >= 0.6 is 11.6 Å². The first kappa shape index (κ1) is 20.7. The normalized spacial score (nSPS) is 11.5. The van der Waals surface area contributed by atoms with E-state index in [1.54, 1.807) is 35.3 Å². The third kappa shape index (κ3) is 4.20. The first-order valence-electron chi connectivity index (χ1n) is 9.74. The number of hydrogen-bond donors (Lipinski definition) is 1. The molecule has 0 saturated carbocycles. The van der Waals surface area contributed by atoms with Gasteiger partial charge in [-0.25, -0.2) is 14.6 Å². The standard InChI is InChI=1S/C22H22ClN7O/c1-14-17(13-26-29(14)16-8-5-7-15(23)11-16)20(31)27-19-12-18(22(2,3)4)28-30(19)21-24-9-6-10-25-21/h5-13H,1-4H3,(H,27,31). The number of nitrogens with zero attached hydrogens (tertiary/aromatic N) is 6. The Labute approximate surface area is 184 Å². The summed E-state index contributed by atoms with van der Waals surface area (Å²) < 4.78 is 3.22. The summed E-state index contributed by atoms with van der Waals surface area (Å²) in [7, 11) is 0. The van der Waals surface area contributed by atoms with E-state index in [0.717, 1.165) is 11.4 Å². The van der Waals surface area contributed by atoms with Crippen LogP contribution in [0.2, 0.25) is 5.02 Å². The number of halogens is 1. The molecule has 1 N–H and O–H groups in total. The molecule has 0 spiro atoms. The molecule has 8 nitrogen and oxygen atoms in total. The third-order valence-electron chi connectivity index (χ3n) is 4.77. The number of carbonyl (C=O) groups is 1. The van der Waals surface area contributed by atoms with Crippen molar-refractivity contribution in [3.63, 3.8) is 0 Å². The first-order chi connectivity index (χ1) is 14.7. The van der Waals surface area contributed by atoms with Crippen LogP contribution in [0.3, 0.4) is 0 Å². The highest BCUT2D eigenvalue weighted by Gasteiger charge is 2.24. The highest BCUT2D eigenvalue weighted by molar-refractivity contribution is 6.30. The van der Waals surface area contributed by atoms with Gasteiger partial charge in [0, 0.05) is 28.9 Å². The molecule has 3 heterocycles. The average molecular weight is 436 g/mol. The van der Waals surface area contributed by atoms with E-state index >= 15 is 0 Å². The lowest BCUT2D eigenvalue weighted by atomic mass is 9.92. The summed E-state index contributed by atoms with van der Waals surface area (Å²) >= 11 is 6.10. The molecule has 0 saturated heterocycles. The zero-order valence-corrected chi connectivity index (χ0v) is 18.4. The number of amides is 1. The summed E-state index contributed by atoms with van der Waals surface area (Å²) in [5.74, 6) is 0.555. The van der Waals surface area contributed by atoms with Crippen LogP contribution in [0.5, 0.6) is 0 Å². The molecular weight excluding hydrogens is 414 g/mol. The number of nitrogens with one attached hydrogen (secondary N) is 1. The maximum Gasteiger partial charge on any atom is 0.260 e. The average Bonchev–Trinajstić information content (AvgIpc) is 3.32. The minimum Gasteiger partial charge on any atom is -0.306 e. The van der Waals surface area contributed by atoms with Crippen LogP contribution in [-0.2, 0) is 5.41 Å². The number of benzene rings is 1. The maximum absolute atomic E-state index is 13.1. The molecule has 0 unspecified atom stereocenters. The highest BCUT2D eigenvalue weighted by Crippen LogP contribution is 2.26. The molecule has 1 amide bonds. The molecule has 0 aliphatic carbocycles. The second-order valence-electron chi connectivity index (χ2n) is 8.11. The van der Waals surface area contributed by atoms with Crippen molar-refractivity contribution in [2.75, 3.05) is 5.32 Å². The second-order valence-corrected chi connectivity index (χ2v) is 8.55. The van der Waals surface area contributed by atoms with Gasteiger partial charge in [0.1, 0.15) is 5.82 Å². The van der Waals surface area contributed by atoms with Crippen molar-refractivity contribution >= 4 is 23.3 Å². The fraction of sp³-hybridized carbons (Fsp3) is 0.227. The number of rotatable bonds is 4. The topological polar surface area (TPSA) is 90.5 Å². The van der Waals surface area contributed by atoms with Gasteiger partial charge in [0.15, 0.2) is 0 Å². The van der Waals surface area contributed by atoms with Crippen molar-refractivity contribution in [3.05, 3.63) is 77.0 Å². The van der Waals surface area contributed by atoms with E-state index in [2.05, 4.69) is 46.3 Å². The third-order valence-corrected chi connectivity index (χ3v) is 5.00. The fourth-order valence-electron chi connectivity index (χ4n) is 3.07. The van der Waals surface area contributed by atoms with E-state index in [0.29, 0.717) is 28.0 Å². The smallest absolute Gasteiger partial charge is 0.260 e. The maximum atomic E-state index is 13.1. The Morgan fingerprint density at radius 2 is 1.81 bits per heavy atom. The molecular formula is C22H22ClN7O. The number of carbonyl (C=O) groups excluding carboxylic acids is 1. The summed E-state index contributed by atoms with van der Waals surface area (Å²) in [5.41, 5.74) is 2.51. The zero-order chi connectivity index (χ0) is 22.2. The Morgan fingerprint density at radius 1 is 1.06 bits per heavy atom. The van der Waals surface area contributed by atoms with E-state index in [-0.39, 0.29) is 11.3 Å². The van der Waals surface area contributed by atoms with Crippen LogP contribution in [0.15, 0.2) is 55.0 Å². The Hall–Kier alpha value is -3.52. The number of aromatic nitrogens is 6. The summed E-state index contributed by atoms with van der Waals surface area (Å²) in [6.07, 6.45) is 4.80. The number of anilines is 1. The molecule has 4 aromatic rings. The van der Waals surface area contributed by atoms with Gasteiger partial charge in [-0.15, -0.1) is 0 Å². The molecule has 9 heteroatoms. The van der Waals surface area contributed by atoms with Gasteiger partial charge in [-0.1, -0.05) is 38.4 Å². The van der Waals surface area contributed by atoms with Crippen LogP contribution < -0.4 is 5.32 Å². The Kier molecular flexibility index (Phi) is 5.32. The molecule has 0 aliphatic heterocycles. The summed E-state index contributed by atoms with van der Waals surface area (Å²) in [5, 5.41) is 12.5. The molecule has 0 atom stereocenters. The Balaban J connectivity index is 1.69. The van der Waals surface area contributed by atoms with Crippen LogP contribution in [0.1, 0.15) is 42.5 Å². The van der Waals surface area contributed by atoms with E-state index in [9.17, 15) is 4.79 Å². The minimum absolute atomic E-state index is 0.215. The molecule has 0 fully saturated rings. The predicted molar refractivity (Wildman–Crippen MR) is 119 cm³/mol. The van der Waals surface area contributed by atoms with Crippen LogP contribution in [0.4, 0.5) is 5.82 Å². The van der Waals surface area contributed by atoms with Crippen molar-refractivity contribution in [1.82, 2.24) is 29.5 Å². The minimum atomic E-state index is -0.302. The summed E-state index contributed by atoms with van der Waals surface area (Å²) in [4.78, 5) is 21.6. The monoisotopic (exact) mass is 435 g/mol. The van der Waals surface area contributed by atoms with Gasteiger partial charge < -0.3 is 5.32 Å². The summed E-state index contributed by atoms with van der Waals surface area (Å²) in [6.45, 7) is 7.99. The van der Waals surface area contributed by atoms with Crippen LogP contribution in [0.25, 0.3) is 11.6 Å². The van der Waals surface area contributed by atoms with Crippen molar-refractivity contribution in [1.29, 1.82) is 0 Å². The van der Waals surface area contributed by atoms with Crippen molar-refractivity contribution in [3.8, 4) is 11.6 Å². The van der Waals surface area contributed by atoms with Crippen molar-refractivity contribution in [2.24, 2.45) is 0 Å². The van der Waals surface area contributed by atoms with Gasteiger partial charge in [-0.2, -0.15) is 14.9 Å². The SMILES string of the molecule is Cc1c(C(=O)Nc2cc(C(C)(C)C)nn2-c2ncccn2)cnn1-c1cccc(Cl)c1. The summed E-state index contributed by atoms with van der Waals surface area (Å²) in [6, 6.07) is 10.9. The lowest BCUT2D eigenvalue weighted by Crippen LogP contribution is -2.17. The van der Waals surface area contributed by atoms with E-state index in [1.807, 2.05) is 25.1 Å². The quantitative estimate of drug-likeness (QED) is 0.514. The van der Waals surface area contributed by atoms with Gasteiger partial charge in [0.25, 0.3) is 11.9 Å². The number of hydrogen-bond acceptors (Lipinski definition) is 5. The van der Waals surface area contributed by atoms with Crippen molar-refractivity contribution < 1.29 is 4.79 Å². The van der Waals surface area contributed by atoms with Gasteiger partial charge >= 0.3 is 0 Å². The van der Waals surface area contributed by atoms with E-state index < -0.39 is 0 Å². The van der Waals surface area contributed by atoms with E-state index in [1.165, 1.54) is 10.9 Å². The molecule has 4 rings (SSSR count). The Bertz CT molecular complexity index is 1240.